The Hall–Kier alpha value is -1.00. The number of carbonyl (C=O) groups is 1. The Kier molecular flexibility index (Phi) is 9.19. The highest BCUT2D eigenvalue weighted by atomic mass is 32.2. The van der Waals surface area contributed by atoms with Gasteiger partial charge in [0.05, 0.1) is 5.92 Å². The summed E-state index contributed by atoms with van der Waals surface area (Å²) in [5.74, 6) is 1.08. The zero-order chi connectivity index (χ0) is 15.5. The molecule has 2 unspecified atom stereocenters. The first-order valence-corrected chi connectivity index (χ1v) is 9.13. The van der Waals surface area contributed by atoms with E-state index in [1.807, 2.05) is 49.0 Å². The zero-order valence-electron chi connectivity index (χ0n) is 13.2. The average Bonchev–Trinajstić information content (AvgIpc) is 2.53. The monoisotopic (exact) mass is 308 g/mol. The Morgan fingerprint density at radius 1 is 1.19 bits per heavy atom. The van der Waals surface area contributed by atoms with Crippen LogP contribution in [0.4, 0.5) is 0 Å². The van der Waals surface area contributed by atoms with Crippen LogP contribution < -0.4 is 11.1 Å². The summed E-state index contributed by atoms with van der Waals surface area (Å²) in [5, 5.41) is 3.00. The lowest BCUT2D eigenvalue weighted by molar-refractivity contribution is -0.125. The number of rotatable bonds is 10. The number of hydrogen-bond acceptors (Lipinski definition) is 3. The lowest BCUT2D eigenvalue weighted by Crippen LogP contribution is -2.36. The van der Waals surface area contributed by atoms with Gasteiger partial charge in [-0.25, -0.2) is 0 Å². The molecule has 3 nitrogen and oxygen atoms in total. The molecule has 3 N–H and O–H groups in total. The van der Waals surface area contributed by atoms with E-state index in [2.05, 4.69) is 11.6 Å². The summed E-state index contributed by atoms with van der Waals surface area (Å²) in [6, 6.07) is 9.56. The van der Waals surface area contributed by atoms with E-state index in [9.17, 15) is 4.79 Å². The van der Waals surface area contributed by atoms with Crippen molar-refractivity contribution in [2.24, 2.45) is 11.7 Å². The van der Waals surface area contributed by atoms with Crippen molar-refractivity contribution < 1.29 is 4.79 Å². The molecule has 1 rings (SSSR count). The third-order valence-electron chi connectivity index (χ3n) is 3.71. The second kappa shape index (κ2) is 10.7. The minimum absolute atomic E-state index is 0.0514. The molecule has 118 valence electrons. The number of nitrogens with one attached hydrogen (secondary N) is 1. The normalized spacial score (nSPS) is 13.7. The van der Waals surface area contributed by atoms with Gasteiger partial charge in [-0.05, 0) is 30.4 Å². The van der Waals surface area contributed by atoms with Crippen molar-refractivity contribution in [1.29, 1.82) is 0 Å². The van der Waals surface area contributed by atoms with Gasteiger partial charge >= 0.3 is 0 Å². The molecule has 0 saturated heterocycles. The molecule has 0 bridgehead atoms. The summed E-state index contributed by atoms with van der Waals surface area (Å²) >= 11 is 1.89. The molecule has 0 aliphatic rings. The van der Waals surface area contributed by atoms with Crippen molar-refractivity contribution in [2.45, 2.75) is 38.6 Å². The van der Waals surface area contributed by atoms with Gasteiger partial charge in [0, 0.05) is 12.6 Å². The van der Waals surface area contributed by atoms with Gasteiger partial charge in [-0.2, -0.15) is 11.8 Å². The summed E-state index contributed by atoms with van der Waals surface area (Å²) in [6.07, 6.45) is 6.88. The van der Waals surface area contributed by atoms with Gasteiger partial charge in [0.2, 0.25) is 5.91 Å². The van der Waals surface area contributed by atoms with Crippen LogP contribution in [-0.2, 0) is 4.79 Å². The van der Waals surface area contributed by atoms with Crippen molar-refractivity contribution in [2.75, 3.05) is 18.6 Å². The van der Waals surface area contributed by atoms with Gasteiger partial charge in [0.25, 0.3) is 0 Å². The maximum atomic E-state index is 12.1. The first kappa shape index (κ1) is 18.1. The first-order chi connectivity index (χ1) is 10.2. The van der Waals surface area contributed by atoms with Gasteiger partial charge in [-0.3, -0.25) is 4.79 Å². The fourth-order valence-corrected chi connectivity index (χ4v) is 2.72. The number of hydrogen-bond donors (Lipinski definition) is 2. The first-order valence-electron chi connectivity index (χ1n) is 7.74. The quantitative estimate of drug-likeness (QED) is 0.652. The molecule has 0 radical (unpaired) electrons. The summed E-state index contributed by atoms with van der Waals surface area (Å²) < 4.78 is 0. The minimum atomic E-state index is -0.243. The Balaban J connectivity index is 2.22. The standard InChI is InChI=1S/C17H28N2OS/c1-14(16(18)15-10-6-5-7-11-15)17(20)19-12-8-3-4-9-13-21-2/h5-7,10-11,14,16H,3-4,8-9,12-13,18H2,1-2H3,(H,19,20). The van der Waals surface area contributed by atoms with Crippen LogP contribution in [0.1, 0.15) is 44.2 Å². The van der Waals surface area contributed by atoms with Gasteiger partial charge in [-0.15, -0.1) is 0 Å². The van der Waals surface area contributed by atoms with Crippen LogP contribution in [0, 0.1) is 5.92 Å². The molecule has 1 aromatic carbocycles. The molecule has 0 saturated carbocycles. The molecule has 0 fully saturated rings. The smallest absolute Gasteiger partial charge is 0.224 e. The molecule has 4 heteroatoms. The van der Waals surface area contributed by atoms with Gasteiger partial charge in [0.1, 0.15) is 0 Å². The number of nitrogens with two attached hydrogens (primary N) is 1. The second-order valence-corrected chi connectivity index (χ2v) is 6.41. The molecule has 2 atom stereocenters. The molecular formula is C17H28N2OS. The predicted octanol–water partition coefficient (Wildman–Crippen LogP) is 3.36. The van der Waals surface area contributed by atoms with Crippen molar-refractivity contribution in [3.63, 3.8) is 0 Å². The SMILES string of the molecule is CSCCCCCCNC(=O)C(C)C(N)c1ccccc1. The Morgan fingerprint density at radius 2 is 1.86 bits per heavy atom. The Morgan fingerprint density at radius 3 is 2.52 bits per heavy atom. The molecule has 1 aromatic rings. The van der Waals surface area contributed by atoms with Gasteiger partial charge < -0.3 is 11.1 Å². The molecule has 0 aliphatic carbocycles. The van der Waals surface area contributed by atoms with Gasteiger partial charge in [0.15, 0.2) is 0 Å². The van der Waals surface area contributed by atoms with E-state index in [-0.39, 0.29) is 17.9 Å². The van der Waals surface area contributed by atoms with E-state index in [1.165, 1.54) is 25.0 Å². The highest BCUT2D eigenvalue weighted by Crippen LogP contribution is 2.18. The third kappa shape index (κ3) is 7.00. The van der Waals surface area contributed by atoms with Crippen molar-refractivity contribution in [3.05, 3.63) is 35.9 Å². The van der Waals surface area contributed by atoms with Crippen LogP contribution in [0.3, 0.4) is 0 Å². The van der Waals surface area contributed by atoms with Crippen LogP contribution in [0.25, 0.3) is 0 Å². The highest BCUT2D eigenvalue weighted by Gasteiger charge is 2.21. The molecule has 0 aromatic heterocycles. The lowest BCUT2D eigenvalue weighted by atomic mass is 9.94. The summed E-state index contributed by atoms with van der Waals surface area (Å²) in [7, 11) is 0. The minimum Gasteiger partial charge on any atom is -0.356 e. The van der Waals surface area contributed by atoms with Crippen LogP contribution >= 0.6 is 11.8 Å². The fraction of sp³-hybridized carbons (Fsp3) is 0.588. The zero-order valence-corrected chi connectivity index (χ0v) is 14.0. The maximum Gasteiger partial charge on any atom is 0.224 e. The van der Waals surface area contributed by atoms with E-state index >= 15 is 0 Å². The van der Waals surface area contributed by atoms with E-state index in [0.717, 1.165) is 18.5 Å². The molecule has 0 aliphatic heterocycles. The molecule has 21 heavy (non-hydrogen) atoms. The maximum absolute atomic E-state index is 12.1. The summed E-state index contributed by atoms with van der Waals surface area (Å²) in [4.78, 5) is 12.1. The van der Waals surface area contributed by atoms with Crippen LogP contribution in [-0.4, -0.2) is 24.5 Å². The number of amides is 1. The third-order valence-corrected chi connectivity index (χ3v) is 4.41. The summed E-state index contributed by atoms with van der Waals surface area (Å²) in [6.45, 7) is 2.65. The topological polar surface area (TPSA) is 55.1 Å². The Bertz CT molecular complexity index is 397. The number of unbranched alkanes of at least 4 members (excludes halogenated alkanes) is 3. The molecule has 0 heterocycles. The number of benzene rings is 1. The van der Waals surface area contributed by atoms with Crippen molar-refractivity contribution >= 4 is 17.7 Å². The number of thioether (sulfide) groups is 1. The summed E-state index contributed by atoms with van der Waals surface area (Å²) in [5.41, 5.74) is 7.17. The van der Waals surface area contributed by atoms with Gasteiger partial charge in [-0.1, -0.05) is 50.1 Å². The largest absolute Gasteiger partial charge is 0.356 e. The lowest BCUT2D eigenvalue weighted by Gasteiger charge is -2.19. The molecule has 1 amide bonds. The predicted molar refractivity (Wildman–Crippen MR) is 92.4 cm³/mol. The molecule has 0 spiro atoms. The van der Waals surface area contributed by atoms with Crippen LogP contribution in [0.15, 0.2) is 30.3 Å². The van der Waals surface area contributed by atoms with E-state index in [0.29, 0.717) is 0 Å². The van der Waals surface area contributed by atoms with E-state index in [1.54, 1.807) is 0 Å². The Labute approximate surface area is 133 Å². The highest BCUT2D eigenvalue weighted by molar-refractivity contribution is 7.98. The average molecular weight is 308 g/mol. The fourth-order valence-electron chi connectivity index (χ4n) is 2.22. The van der Waals surface area contributed by atoms with E-state index in [4.69, 9.17) is 5.73 Å². The van der Waals surface area contributed by atoms with Crippen molar-refractivity contribution in [1.82, 2.24) is 5.32 Å². The van der Waals surface area contributed by atoms with Crippen molar-refractivity contribution in [3.8, 4) is 0 Å². The number of carbonyl (C=O) groups excluding carboxylic acids is 1. The molecular weight excluding hydrogens is 280 g/mol. The van der Waals surface area contributed by atoms with Crippen LogP contribution in [0.5, 0.6) is 0 Å². The van der Waals surface area contributed by atoms with E-state index < -0.39 is 0 Å². The van der Waals surface area contributed by atoms with Crippen LogP contribution in [0.2, 0.25) is 0 Å². The second-order valence-electron chi connectivity index (χ2n) is 5.42.